The minimum absolute atomic E-state index is 0.0526. The van der Waals surface area contributed by atoms with Crippen LogP contribution in [0.2, 0.25) is 0 Å². The largest absolute Gasteiger partial charge is 0.464 e. The fourth-order valence-electron chi connectivity index (χ4n) is 2.12. The zero-order valence-corrected chi connectivity index (χ0v) is 13.1. The van der Waals surface area contributed by atoms with Crippen molar-refractivity contribution in [2.24, 2.45) is 0 Å². The molecule has 1 aromatic heterocycles. The quantitative estimate of drug-likeness (QED) is 0.581. The van der Waals surface area contributed by atoms with E-state index in [-0.39, 0.29) is 12.5 Å². The van der Waals surface area contributed by atoms with Gasteiger partial charge >= 0.3 is 5.97 Å². The van der Waals surface area contributed by atoms with E-state index in [1.807, 2.05) is 18.2 Å². The maximum Gasteiger partial charge on any atom is 0.325 e. The van der Waals surface area contributed by atoms with Gasteiger partial charge in [-0.15, -0.1) is 0 Å². The summed E-state index contributed by atoms with van der Waals surface area (Å²) in [6.07, 6.45) is 5.05. The summed E-state index contributed by atoms with van der Waals surface area (Å²) in [6, 6.07) is 12.7. The first-order chi connectivity index (χ1) is 11.2. The van der Waals surface area contributed by atoms with Gasteiger partial charge in [0.15, 0.2) is 0 Å². The highest BCUT2D eigenvalue weighted by Crippen LogP contribution is 2.04. The molecule has 1 heterocycles. The second-order valence-corrected chi connectivity index (χ2v) is 5.21. The molecular formula is C18H20N2O3. The number of nitrogens with zero attached hydrogens (tertiary/aromatic N) is 2. The second kappa shape index (κ2) is 8.68. The molecule has 0 unspecified atom stereocenters. The molecule has 23 heavy (non-hydrogen) atoms. The van der Waals surface area contributed by atoms with Gasteiger partial charge in [-0.3, -0.25) is 14.6 Å². The number of carbonyl (C=O) groups excluding carboxylic acids is 2. The maximum atomic E-state index is 12.1. The zero-order chi connectivity index (χ0) is 16.5. The second-order valence-electron chi connectivity index (χ2n) is 5.21. The number of aryl methyl sites for hydroxylation is 1. The van der Waals surface area contributed by atoms with E-state index in [0.717, 1.165) is 18.4 Å². The van der Waals surface area contributed by atoms with Crippen molar-refractivity contribution in [3.05, 3.63) is 66.0 Å². The van der Waals surface area contributed by atoms with Crippen LogP contribution in [0.25, 0.3) is 0 Å². The molecule has 0 bridgehead atoms. The van der Waals surface area contributed by atoms with Crippen LogP contribution in [0.4, 0.5) is 0 Å². The van der Waals surface area contributed by atoms with Gasteiger partial charge in [0.25, 0.3) is 5.91 Å². The lowest BCUT2D eigenvalue weighted by atomic mass is 10.1. The van der Waals surface area contributed by atoms with Gasteiger partial charge in [-0.1, -0.05) is 18.2 Å². The van der Waals surface area contributed by atoms with Crippen molar-refractivity contribution in [1.82, 2.24) is 9.88 Å². The van der Waals surface area contributed by atoms with Crippen LogP contribution >= 0.6 is 0 Å². The number of amides is 1. The van der Waals surface area contributed by atoms with Crippen molar-refractivity contribution >= 4 is 11.9 Å². The highest BCUT2D eigenvalue weighted by Gasteiger charge is 2.15. The lowest BCUT2D eigenvalue weighted by Crippen LogP contribution is -2.33. The van der Waals surface area contributed by atoms with Crippen molar-refractivity contribution in [2.75, 3.05) is 20.2 Å². The summed E-state index contributed by atoms with van der Waals surface area (Å²) in [4.78, 5) is 29.2. The lowest BCUT2D eigenvalue weighted by Gasteiger charge is -2.16. The first kappa shape index (κ1) is 16.7. The van der Waals surface area contributed by atoms with Crippen LogP contribution in [-0.4, -0.2) is 42.0 Å². The molecule has 2 aromatic rings. The van der Waals surface area contributed by atoms with Gasteiger partial charge in [0.05, 0.1) is 6.61 Å². The molecule has 5 heteroatoms. The number of pyridine rings is 1. The smallest absolute Gasteiger partial charge is 0.325 e. The topological polar surface area (TPSA) is 59.5 Å². The molecule has 0 radical (unpaired) electrons. The number of likely N-dealkylation sites (N-methyl/N-ethyl adjacent to an activating group) is 1. The molecular weight excluding hydrogens is 292 g/mol. The molecule has 120 valence electrons. The van der Waals surface area contributed by atoms with Crippen molar-refractivity contribution in [1.29, 1.82) is 0 Å². The summed E-state index contributed by atoms with van der Waals surface area (Å²) >= 11 is 0. The van der Waals surface area contributed by atoms with E-state index in [1.54, 1.807) is 43.7 Å². The van der Waals surface area contributed by atoms with E-state index in [0.29, 0.717) is 12.2 Å². The molecule has 0 fully saturated rings. The third kappa shape index (κ3) is 5.54. The number of hydrogen-bond acceptors (Lipinski definition) is 4. The molecule has 0 aliphatic heterocycles. The first-order valence-electron chi connectivity index (χ1n) is 7.52. The summed E-state index contributed by atoms with van der Waals surface area (Å²) in [5, 5.41) is 0. The summed E-state index contributed by atoms with van der Waals surface area (Å²) in [5.74, 6) is -0.592. The standard InChI is InChI=1S/C18H20N2O3/c1-20(18(22)16-7-3-2-4-8-16)14-17(21)23-13-5-6-15-9-11-19-12-10-15/h2-4,7-12H,5-6,13-14H2,1H3. The number of esters is 1. The van der Waals surface area contributed by atoms with Gasteiger partial charge < -0.3 is 9.64 Å². The number of aromatic nitrogens is 1. The Kier molecular flexibility index (Phi) is 6.29. The number of ether oxygens (including phenoxy) is 1. The van der Waals surface area contributed by atoms with Crippen LogP contribution in [-0.2, 0) is 16.0 Å². The fourth-order valence-corrected chi connectivity index (χ4v) is 2.12. The first-order valence-corrected chi connectivity index (χ1v) is 7.52. The summed E-state index contributed by atoms with van der Waals surface area (Å²) in [5.41, 5.74) is 1.72. The Bertz CT molecular complexity index is 629. The Balaban J connectivity index is 1.69. The van der Waals surface area contributed by atoms with Gasteiger partial charge in [0, 0.05) is 25.0 Å². The Morgan fingerprint density at radius 3 is 2.48 bits per heavy atom. The van der Waals surface area contributed by atoms with Crippen molar-refractivity contribution in [3.8, 4) is 0 Å². The van der Waals surface area contributed by atoms with Gasteiger partial charge in [-0.2, -0.15) is 0 Å². The van der Waals surface area contributed by atoms with Crippen LogP contribution in [0.15, 0.2) is 54.9 Å². The minimum Gasteiger partial charge on any atom is -0.464 e. The highest BCUT2D eigenvalue weighted by atomic mass is 16.5. The number of rotatable bonds is 7. The van der Waals surface area contributed by atoms with E-state index in [1.165, 1.54) is 4.90 Å². The van der Waals surface area contributed by atoms with Gasteiger partial charge in [0.2, 0.25) is 0 Å². The van der Waals surface area contributed by atoms with E-state index < -0.39 is 5.97 Å². The van der Waals surface area contributed by atoms with Crippen molar-refractivity contribution in [2.45, 2.75) is 12.8 Å². The van der Waals surface area contributed by atoms with Crippen LogP contribution in [0.5, 0.6) is 0 Å². The lowest BCUT2D eigenvalue weighted by molar-refractivity contribution is -0.144. The van der Waals surface area contributed by atoms with Gasteiger partial charge in [-0.25, -0.2) is 0 Å². The summed E-state index contributed by atoms with van der Waals surface area (Å²) < 4.78 is 5.17. The van der Waals surface area contributed by atoms with Crippen LogP contribution in [0, 0.1) is 0 Å². The number of carbonyl (C=O) groups is 2. The molecule has 1 amide bonds. The van der Waals surface area contributed by atoms with Crippen molar-refractivity contribution in [3.63, 3.8) is 0 Å². The number of hydrogen-bond donors (Lipinski definition) is 0. The SMILES string of the molecule is CN(CC(=O)OCCCc1ccncc1)C(=O)c1ccccc1. The monoisotopic (exact) mass is 312 g/mol. The van der Waals surface area contributed by atoms with E-state index in [4.69, 9.17) is 4.74 Å². The summed E-state index contributed by atoms with van der Waals surface area (Å²) in [7, 11) is 1.59. The molecule has 5 nitrogen and oxygen atoms in total. The Morgan fingerprint density at radius 2 is 1.78 bits per heavy atom. The Labute approximate surface area is 135 Å². The summed E-state index contributed by atoms with van der Waals surface area (Å²) in [6.45, 7) is 0.289. The minimum atomic E-state index is -0.397. The maximum absolute atomic E-state index is 12.1. The van der Waals surface area contributed by atoms with E-state index >= 15 is 0 Å². The molecule has 0 spiro atoms. The van der Waals surface area contributed by atoms with Crippen LogP contribution < -0.4 is 0 Å². The highest BCUT2D eigenvalue weighted by molar-refractivity contribution is 5.95. The van der Waals surface area contributed by atoms with Gasteiger partial charge in [0.1, 0.15) is 6.54 Å². The third-order valence-electron chi connectivity index (χ3n) is 3.36. The van der Waals surface area contributed by atoms with Crippen molar-refractivity contribution < 1.29 is 14.3 Å². The molecule has 0 saturated heterocycles. The van der Waals surface area contributed by atoms with E-state index in [2.05, 4.69) is 4.98 Å². The molecule has 2 rings (SSSR count). The molecule has 0 aliphatic rings. The van der Waals surface area contributed by atoms with Crippen LogP contribution in [0.1, 0.15) is 22.3 Å². The fraction of sp³-hybridized carbons (Fsp3) is 0.278. The zero-order valence-electron chi connectivity index (χ0n) is 13.1. The predicted octanol–water partition coefficient (Wildman–Crippen LogP) is 2.33. The Hall–Kier alpha value is -2.69. The average molecular weight is 312 g/mol. The molecule has 0 N–H and O–H groups in total. The molecule has 0 saturated carbocycles. The number of benzene rings is 1. The predicted molar refractivity (Wildman–Crippen MR) is 86.9 cm³/mol. The average Bonchev–Trinajstić information content (AvgIpc) is 2.59. The normalized spacial score (nSPS) is 10.1. The van der Waals surface area contributed by atoms with E-state index in [9.17, 15) is 9.59 Å². The Morgan fingerprint density at radius 1 is 1.09 bits per heavy atom. The third-order valence-corrected chi connectivity index (χ3v) is 3.36. The molecule has 0 atom stereocenters. The molecule has 0 aliphatic carbocycles. The molecule has 1 aromatic carbocycles. The van der Waals surface area contributed by atoms with Crippen LogP contribution in [0.3, 0.4) is 0 Å². The van der Waals surface area contributed by atoms with Gasteiger partial charge in [-0.05, 0) is 42.7 Å².